The maximum Gasteiger partial charge on any atom is 0.264 e. The van der Waals surface area contributed by atoms with Crippen molar-refractivity contribution in [1.82, 2.24) is 5.32 Å². The maximum absolute atomic E-state index is 12.8. The van der Waals surface area contributed by atoms with E-state index in [0.29, 0.717) is 26.4 Å². The van der Waals surface area contributed by atoms with E-state index in [1.54, 1.807) is 18.0 Å². The molecule has 4 rings (SSSR count). The van der Waals surface area contributed by atoms with E-state index in [1.165, 1.54) is 0 Å². The average molecular weight is 463 g/mol. The number of hydrogen-bond acceptors (Lipinski definition) is 4. The summed E-state index contributed by atoms with van der Waals surface area (Å²) < 4.78 is 0.842. The molecule has 5 nitrogen and oxygen atoms in total. The van der Waals surface area contributed by atoms with Gasteiger partial charge in [-0.1, -0.05) is 33.6 Å². The van der Waals surface area contributed by atoms with E-state index in [0.717, 1.165) is 33.0 Å². The van der Waals surface area contributed by atoms with E-state index in [1.807, 2.05) is 37.3 Å². The van der Waals surface area contributed by atoms with Crippen LogP contribution < -0.4 is 10.2 Å². The SMILES string of the molecule is Cc1ccc(N=C2NC(=O)C(=C3C(=O)N(C)c4ccc(Br)cc43)S2)cc1Cl. The third-order valence-corrected chi connectivity index (χ3v) is 6.23. The molecule has 0 spiro atoms. The molecule has 0 unspecified atom stereocenters. The van der Waals surface area contributed by atoms with Gasteiger partial charge in [0, 0.05) is 22.1 Å². The predicted molar refractivity (Wildman–Crippen MR) is 113 cm³/mol. The van der Waals surface area contributed by atoms with Crippen LogP contribution in [0, 0.1) is 6.92 Å². The third kappa shape index (κ3) is 3.20. The Hall–Kier alpha value is -2.09. The highest BCUT2D eigenvalue weighted by Crippen LogP contribution is 2.43. The molecule has 27 heavy (non-hydrogen) atoms. The number of hydrogen-bond donors (Lipinski definition) is 1. The van der Waals surface area contributed by atoms with Crippen molar-refractivity contribution in [3.05, 3.63) is 61.9 Å². The fourth-order valence-corrected chi connectivity index (χ4v) is 4.39. The molecular weight excluding hydrogens is 450 g/mol. The van der Waals surface area contributed by atoms with Crippen molar-refractivity contribution in [3.63, 3.8) is 0 Å². The summed E-state index contributed by atoms with van der Waals surface area (Å²) in [4.78, 5) is 31.6. The van der Waals surface area contributed by atoms with E-state index in [9.17, 15) is 9.59 Å². The van der Waals surface area contributed by atoms with Gasteiger partial charge in [0.05, 0.1) is 21.9 Å². The number of anilines is 1. The molecule has 1 N–H and O–H groups in total. The highest BCUT2D eigenvalue weighted by molar-refractivity contribution is 9.10. The van der Waals surface area contributed by atoms with Crippen LogP contribution in [0.15, 0.2) is 50.8 Å². The average Bonchev–Trinajstić information content (AvgIpc) is 3.08. The summed E-state index contributed by atoms with van der Waals surface area (Å²) in [6.07, 6.45) is 0. The zero-order valence-electron chi connectivity index (χ0n) is 14.3. The van der Waals surface area contributed by atoms with Gasteiger partial charge in [0.25, 0.3) is 11.8 Å². The molecule has 2 aliphatic heterocycles. The van der Waals surface area contributed by atoms with Gasteiger partial charge < -0.3 is 10.2 Å². The van der Waals surface area contributed by atoms with Crippen molar-refractivity contribution in [3.8, 4) is 0 Å². The number of fused-ring (bicyclic) bond motifs is 1. The number of rotatable bonds is 1. The zero-order valence-corrected chi connectivity index (χ0v) is 17.5. The van der Waals surface area contributed by atoms with Gasteiger partial charge in [0.15, 0.2) is 5.17 Å². The first-order chi connectivity index (χ1) is 12.8. The summed E-state index contributed by atoms with van der Waals surface area (Å²) in [5.74, 6) is -0.540. The Kier molecular flexibility index (Phi) is 4.61. The first-order valence-corrected chi connectivity index (χ1v) is 10.00. The first kappa shape index (κ1) is 18.3. The molecule has 1 fully saturated rings. The Balaban J connectivity index is 1.76. The van der Waals surface area contributed by atoms with Crippen molar-refractivity contribution in [2.24, 2.45) is 4.99 Å². The quantitative estimate of drug-likeness (QED) is 0.628. The Labute approximate surface area is 173 Å². The van der Waals surface area contributed by atoms with Crippen molar-refractivity contribution < 1.29 is 9.59 Å². The normalized spacial score (nSPS) is 20.4. The van der Waals surface area contributed by atoms with E-state index < -0.39 is 0 Å². The lowest BCUT2D eigenvalue weighted by atomic mass is 10.1. The van der Waals surface area contributed by atoms with Crippen LogP contribution in [0.2, 0.25) is 5.02 Å². The van der Waals surface area contributed by atoms with Crippen LogP contribution in [0.1, 0.15) is 11.1 Å². The summed E-state index contributed by atoms with van der Waals surface area (Å²) in [6.45, 7) is 1.91. The highest BCUT2D eigenvalue weighted by Gasteiger charge is 2.38. The van der Waals surface area contributed by atoms with Gasteiger partial charge in [-0.15, -0.1) is 0 Å². The van der Waals surface area contributed by atoms with Crippen molar-refractivity contribution >= 4 is 73.2 Å². The minimum Gasteiger partial charge on any atom is -0.311 e. The van der Waals surface area contributed by atoms with Crippen molar-refractivity contribution in [2.45, 2.75) is 6.92 Å². The Morgan fingerprint density at radius 3 is 2.70 bits per heavy atom. The lowest BCUT2D eigenvalue weighted by molar-refractivity contribution is -0.116. The molecule has 0 saturated carbocycles. The number of aryl methyl sites for hydroxylation is 1. The Morgan fingerprint density at radius 1 is 1.19 bits per heavy atom. The maximum atomic E-state index is 12.8. The zero-order chi connectivity index (χ0) is 19.3. The van der Waals surface area contributed by atoms with E-state index in [2.05, 4.69) is 26.2 Å². The number of carbonyl (C=O) groups is 2. The van der Waals surface area contributed by atoms with E-state index in [-0.39, 0.29) is 11.8 Å². The van der Waals surface area contributed by atoms with E-state index >= 15 is 0 Å². The summed E-state index contributed by atoms with van der Waals surface area (Å²) in [6, 6.07) is 11.0. The highest BCUT2D eigenvalue weighted by atomic mass is 79.9. The fourth-order valence-electron chi connectivity index (χ4n) is 2.92. The second-order valence-electron chi connectivity index (χ2n) is 6.14. The molecule has 2 amide bonds. The molecule has 8 heteroatoms. The second kappa shape index (κ2) is 6.82. The minimum absolute atomic E-state index is 0.208. The molecule has 0 bridgehead atoms. The Morgan fingerprint density at radius 2 is 1.96 bits per heavy atom. The Bertz CT molecular complexity index is 1080. The number of aliphatic imine (C=N–C) groups is 1. The predicted octanol–water partition coefficient (Wildman–Crippen LogP) is 4.65. The molecule has 0 radical (unpaired) electrons. The van der Waals surface area contributed by atoms with Gasteiger partial charge in [0.2, 0.25) is 0 Å². The molecule has 0 atom stereocenters. The number of nitrogens with zero attached hydrogens (tertiary/aromatic N) is 2. The number of nitrogens with one attached hydrogen (secondary N) is 1. The monoisotopic (exact) mass is 461 g/mol. The van der Waals surface area contributed by atoms with Crippen LogP contribution in [-0.2, 0) is 9.59 Å². The standard InChI is InChI=1S/C19H13BrClN3O2S/c1-9-3-5-11(8-13(9)21)22-19-23-17(25)16(27-19)15-12-7-10(20)4-6-14(12)24(2)18(15)26/h3-8H,1-2H3,(H,22,23,25). The largest absolute Gasteiger partial charge is 0.311 e. The molecule has 2 aromatic carbocycles. The lowest BCUT2D eigenvalue weighted by Gasteiger charge is -2.08. The van der Waals surface area contributed by atoms with Crippen molar-refractivity contribution in [1.29, 1.82) is 0 Å². The molecule has 1 saturated heterocycles. The van der Waals surface area contributed by atoms with Gasteiger partial charge in [-0.2, -0.15) is 0 Å². The van der Waals surface area contributed by atoms with Crippen molar-refractivity contribution in [2.75, 3.05) is 11.9 Å². The number of carbonyl (C=O) groups excluding carboxylic acids is 2. The molecule has 136 valence electrons. The second-order valence-corrected chi connectivity index (χ2v) is 8.46. The first-order valence-electron chi connectivity index (χ1n) is 8.01. The van der Waals surface area contributed by atoms with Gasteiger partial charge in [-0.25, -0.2) is 4.99 Å². The van der Waals surface area contributed by atoms with Crippen LogP contribution in [0.25, 0.3) is 5.57 Å². The van der Waals surface area contributed by atoms with Crippen LogP contribution in [0.5, 0.6) is 0 Å². The number of amidine groups is 1. The smallest absolute Gasteiger partial charge is 0.264 e. The van der Waals surface area contributed by atoms with Crippen LogP contribution in [0.3, 0.4) is 0 Å². The minimum atomic E-state index is -0.332. The summed E-state index contributed by atoms with van der Waals surface area (Å²) in [7, 11) is 1.70. The summed E-state index contributed by atoms with van der Waals surface area (Å²) in [5.41, 5.74) is 3.48. The topological polar surface area (TPSA) is 61.8 Å². The van der Waals surface area contributed by atoms with Gasteiger partial charge >= 0.3 is 0 Å². The number of amides is 2. The number of halogens is 2. The van der Waals surface area contributed by atoms with Gasteiger partial charge in [-0.05, 0) is 54.6 Å². The summed E-state index contributed by atoms with van der Waals surface area (Å²) in [5, 5.41) is 3.76. The molecule has 2 aliphatic rings. The molecular formula is C19H13BrClN3O2S. The number of benzene rings is 2. The van der Waals surface area contributed by atoms with Crippen LogP contribution in [-0.4, -0.2) is 24.0 Å². The van der Waals surface area contributed by atoms with E-state index in [4.69, 9.17) is 11.6 Å². The number of thioether (sulfide) groups is 1. The van der Waals surface area contributed by atoms with Gasteiger partial charge in [-0.3, -0.25) is 9.59 Å². The molecule has 0 aromatic heterocycles. The lowest BCUT2D eigenvalue weighted by Crippen LogP contribution is -2.23. The molecule has 0 aliphatic carbocycles. The van der Waals surface area contributed by atoms with Crippen LogP contribution in [0.4, 0.5) is 11.4 Å². The van der Waals surface area contributed by atoms with Gasteiger partial charge in [0.1, 0.15) is 0 Å². The molecule has 2 aromatic rings. The fraction of sp³-hybridized carbons (Fsp3) is 0.105. The number of likely N-dealkylation sites (N-methyl/N-ethyl adjacent to an activating group) is 1. The molecule has 2 heterocycles. The summed E-state index contributed by atoms with van der Waals surface area (Å²) >= 11 is 10.7. The van der Waals surface area contributed by atoms with Crippen LogP contribution >= 0.6 is 39.3 Å². The third-order valence-electron chi connectivity index (χ3n) is 4.35.